The summed E-state index contributed by atoms with van der Waals surface area (Å²) in [5.41, 5.74) is 12.5. The molecule has 1 unspecified atom stereocenters. The van der Waals surface area contributed by atoms with E-state index in [0.717, 1.165) is 49.8 Å². The molecule has 4 aliphatic rings. The summed E-state index contributed by atoms with van der Waals surface area (Å²) < 4.78 is 39.0. The van der Waals surface area contributed by atoms with Crippen LogP contribution in [-0.4, -0.2) is 54.3 Å². The molecule has 48 heavy (non-hydrogen) atoms. The summed E-state index contributed by atoms with van der Waals surface area (Å²) in [6.07, 6.45) is 5.22. The van der Waals surface area contributed by atoms with Gasteiger partial charge in [0, 0.05) is 19.5 Å². The van der Waals surface area contributed by atoms with Gasteiger partial charge in [-0.3, -0.25) is 14.4 Å². The lowest BCUT2D eigenvalue weighted by atomic mass is 9.49. The molecule has 4 fully saturated rings. The zero-order valence-electron chi connectivity index (χ0n) is 27.7. The number of carbonyl (C=O) groups is 3. The van der Waals surface area contributed by atoms with E-state index in [0.29, 0.717) is 49.1 Å². The van der Waals surface area contributed by atoms with Crippen molar-refractivity contribution in [1.29, 1.82) is 0 Å². The number of hydrogen-bond donors (Lipinski definition) is 4. The van der Waals surface area contributed by atoms with E-state index in [9.17, 15) is 27.6 Å². The van der Waals surface area contributed by atoms with Gasteiger partial charge in [-0.05, 0) is 111 Å². The Morgan fingerprint density at radius 3 is 2.10 bits per heavy atom. The molecule has 3 amide bonds. The first-order valence-electron chi connectivity index (χ1n) is 17.4. The number of alkyl halides is 3. The van der Waals surface area contributed by atoms with Gasteiger partial charge in [-0.2, -0.15) is 13.2 Å². The summed E-state index contributed by atoms with van der Waals surface area (Å²) >= 11 is 0. The third-order valence-electron chi connectivity index (χ3n) is 10.6. The molecule has 4 aliphatic carbocycles. The Hall–Kier alpha value is -3.44. The van der Waals surface area contributed by atoms with Crippen LogP contribution in [0.5, 0.6) is 0 Å². The molecule has 4 saturated carbocycles. The molecule has 0 aliphatic heterocycles. The number of halogens is 3. The monoisotopic (exact) mass is 669 g/mol. The summed E-state index contributed by atoms with van der Waals surface area (Å²) in [5, 5.41) is 5.85. The minimum Gasteiger partial charge on any atom is -0.350 e. The third-order valence-corrected chi connectivity index (χ3v) is 10.6. The van der Waals surface area contributed by atoms with Crippen molar-refractivity contribution in [2.75, 3.05) is 19.6 Å². The smallest absolute Gasteiger partial charge is 0.350 e. The molecule has 6 rings (SSSR count). The quantitative estimate of drug-likeness (QED) is 0.188. The summed E-state index contributed by atoms with van der Waals surface area (Å²) in [4.78, 5) is 42.4. The Morgan fingerprint density at radius 2 is 1.52 bits per heavy atom. The van der Waals surface area contributed by atoms with E-state index in [1.165, 1.54) is 31.4 Å². The van der Waals surface area contributed by atoms with Crippen LogP contribution < -0.4 is 22.1 Å². The van der Waals surface area contributed by atoms with Gasteiger partial charge in [0.2, 0.25) is 17.7 Å². The Bertz CT molecular complexity index is 1350. The van der Waals surface area contributed by atoms with Gasteiger partial charge in [0.1, 0.15) is 0 Å². The number of hydrogen-bond acceptors (Lipinski definition) is 5. The molecule has 2 aromatic carbocycles. The normalized spacial score (nSPS) is 24.1. The Balaban J connectivity index is 1.31. The van der Waals surface area contributed by atoms with Crippen molar-refractivity contribution in [1.82, 2.24) is 15.5 Å². The van der Waals surface area contributed by atoms with Crippen molar-refractivity contribution in [3.8, 4) is 0 Å². The van der Waals surface area contributed by atoms with Gasteiger partial charge in [0.25, 0.3) is 0 Å². The second-order valence-electron chi connectivity index (χ2n) is 14.6. The summed E-state index contributed by atoms with van der Waals surface area (Å²) in [6.45, 7) is 0.438. The second-order valence-corrected chi connectivity index (χ2v) is 14.6. The largest absolute Gasteiger partial charge is 0.416 e. The summed E-state index contributed by atoms with van der Waals surface area (Å²) in [7, 11) is 0. The first-order chi connectivity index (χ1) is 22.9. The van der Waals surface area contributed by atoms with Crippen LogP contribution in [0.4, 0.5) is 13.2 Å². The van der Waals surface area contributed by atoms with Crippen LogP contribution in [0.3, 0.4) is 0 Å². The van der Waals surface area contributed by atoms with Crippen LogP contribution in [0.15, 0.2) is 54.6 Å². The maximum atomic E-state index is 14.2. The van der Waals surface area contributed by atoms with Gasteiger partial charge >= 0.3 is 6.18 Å². The molecular weight excluding hydrogens is 619 g/mol. The molecule has 6 N–H and O–H groups in total. The highest BCUT2D eigenvalue weighted by Crippen LogP contribution is 2.61. The molecule has 2 atom stereocenters. The number of benzene rings is 2. The fraction of sp³-hybridized carbons (Fsp3) is 0.595. The Morgan fingerprint density at radius 1 is 0.896 bits per heavy atom. The highest BCUT2D eigenvalue weighted by atomic mass is 19.4. The maximum absolute atomic E-state index is 14.2. The Kier molecular flexibility index (Phi) is 11.8. The van der Waals surface area contributed by atoms with Crippen molar-refractivity contribution >= 4 is 17.7 Å². The van der Waals surface area contributed by atoms with E-state index in [4.69, 9.17) is 11.5 Å². The third kappa shape index (κ3) is 9.81. The maximum Gasteiger partial charge on any atom is 0.416 e. The zero-order valence-corrected chi connectivity index (χ0v) is 27.7. The van der Waals surface area contributed by atoms with Gasteiger partial charge in [-0.25, -0.2) is 0 Å². The molecule has 8 nitrogen and oxygen atoms in total. The number of nitrogens with two attached hydrogens (primary N) is 2. The van der Waals surface area contributed by atoms with E-state index in [1.807, 2.05) is 30.3 Å². The van der Waals surface area contributed by atoms with E-state index < -0.39 is 29.7 Å². The highest BCUT2D eigenvalue weighted by Gasteiger charge is 2.52. The van der Waals surface area contributed by atoms with Crippen LogP contribution in [-0.2, 0) is 33.5 Å². The molecule has 0 spiro atoms. The summed E-state index contributed by atoms with van der Waals surface area (Å²) in [6, 6.07) is 13.1. The van der Waals surface area contributed by atoms with Gasteiger partial charge in [-0.1, -0.05) is 48.9 Å². The van der Waals surface area contributed by atoms with Gasteiger partial charge in [-0.15, -0.1) is 0 Å². The van der Waals surface area contributed by atoms with Crippen LogP contribution >= 0.6 is 0 Å². The number of nitrogens with zero attached hydrogens (tertiary/aromatic N) is 1. The van der Waals surface area contributed by atoms with E-state index in [2.05, 4.69) is 10.6 Å². The standard InChI is InChI=1S/C37H50F3N5O3/c38-37(39,40)30-11-9-26(10-12-30)22-43-33(46)24-45(34(47)21-36-18-27-14-28(19-36)16-29(15-27)20-36)23-31(17-25-6-2-1-3-7-25)44-35(48)32(42)8-4-5-13-41/h1-3,6-7,9-12,27-29,31-32H,4-5,8,13-24,41-42H2,(H,43,46)(H,44,48)/t27?,28?,29?,31-,32?,36?/m0/s1. The van der Waals surface area contributed by atoms with Crippen molar-refractivity contribution in [2.24, 2.45) is 34.6 Å². The molecule has 2 aromatic rings. The fourth-order valence-corrected chi connectivity index (χ4v) is 8.71. The topological polar surface area (TPSA) is 131 Å². The summed E-state index contributed by atoms with van der Waals surface area (Å²) in [5.74, 6) is 1.15. The number of carbonyl (C=O) groups excluding carboxylic acids is 3. The fourth-order valence-electron chi connectivity index (χ4n) is 8.71. The van der Waals surface area contributed by atoms with E-state index >= 15 is 0 Å². The van der Waals surface area contributed by atoms with Gasteiger partial charge in [0.05, 0.1) is 24.2 Å². The first kappa shape index (κ1) is 35.9. The zero-order chi connectivity index (χ0) is 34.3. The number of unbranched alkanes of at least 4 members (excludes halogenated alkanes) is 1. The number of rotatable bonds is 16. The lowest BCUT2D eigenvalue weighted by molar-refractivity contribution is -0.143. The lowest BCUT2D eigenvalue weighted by Crippen LogP contribution is -2.54. The van der Waals surface area contributed by atoms with E-state index in [1.54, 1.807) is 4.90 Å². The van der Waals surface area contributed by atoms with E-state index in [-0.39, 0.29) is 36.9 Å². The van der Waals surface area contributed by atoms with Crippen LogP contribution in [0.25, 0.3) is 0 Å². The average Bonchev–Trinajstić information content (AvgIpc) is 3.03. The van der Waals surface area contributed by atoms with Crippen LogP contribution in [0, 0.1) is 23.2 Å². The lowest BCUT2D eigenvalue weighted by Gasteiger charge is -2.57. The molecule has 11 heteroatoms. The first-order valence-corrected chi connectivity index (χ1v) is 17.4. The van der Waals surface area contributed by atoms with Crippen molar-refractivity contribution < 1.29 is 27.6 Å². The highest BCUT2D eigenvalue weighted by molar-refractivity contribution is 5.85. The molecule has 262 valence electrons. The second kappa shape index (κ2) is 15.8. The van der Waals surface area contributed by atoms with Gasteiger partial charge < -0.3 is 27.0 Å². The minimum atomic E-state index is -4.45. The van der Waals surface area contributed by atoms with Crippen LogP contribution in [0.2, 0.25) is 0 Å². The predicted octanol–water partition coefficient (Wildman–Crippen LogP) is 4.94. The molecule has 0 aromatic heterocycles. The minimum absolute atomic E-state index is 0.0236. The Labute approximate surface area is 281 Å². The van der Waals surface area contributed by atoms with Crippen molar-refractivity contribution in [3.63, 3.8) is 0 Å². The van der Waals surface area contributed by atoms with Gasteiger partial charge in [0.15, 0.2) is 0 Å². The van der Waals surface area contributed by atoms with Crippen molar-refractivity contribution in [2.45, 2.75) is 95.4 Å². The molecule has 4 bridgehead atoms. The predicted molar refractivity (Wildman–Crippen MR) is 178 cm³/mol. The molecule has 0 radical (unpaired) electrons. The molecular formula is C37H50F3N5O3. The average molecular weight is 670 g/mol. The molecule has 0 saturated heterocycles. The number of nitrogens with one attached hydrogen (secondary N) is 2. The van der Waals surface area contributed by atoms with Crippen molar-refractivity contribution in [3.05, 3.63) is 71.3 Å². The van der Waals surface area contributed by atoms with Crippen LogP contribution in [0.1, 0.15) is 80.9 Å². The SMILES string of the molecule is NCCCCC(N)C(=O)N[C@@H](Cc1ccccc1)CN(CC(=O)NCc1ccc(C(F)(F)F)cc1)C(=O)CC12CC3CC(CC(C3)C1)C2. The number of amides is 3. The molecule has 0 heterocycles.